The number of hydrogen-bond donors (Lipinski definition) is 1. The van der Waals surface area contributed by atoms with Gasteiger partial charge in [-0.05, 0) is 18.6 Å². The minimum atomic E-state index is -0.0532. The number of rotatable bonds is 0. The zero-order valence-electron chi connectivity index (χ0n) is 5.50. The average molecular weight is 134 g/mol. The van der Waals surface area contributed by atoms with Crippen LogP contribution in [-0.2, 0) is 0 Å². The molecule has 3 heteroatoms. The Kier molecular flexibility index (Phi) is 1.55. The zero-order valence-corrected chi connectivity index (χ0v) is 5.50. The van der Waals surface area contributed by atoms with Crippen molar-refractivity contribution in [3.05, 3.63) is 23.5 Å². The summed E-state index contributed by atoms with van der Waals surface area (Å²) in [7, 11) is 0. The summed E-state index contributed by atoms with van der Waals surface area (Å²) in [6.07, 6.45) is 1.54. The molecule has 3 nitrogen and oxygen atoms in total. The molecule has 50 valence electrons. The highest BCUT2D eigenvalue weighted by Gasteiger charge is 1.98. The van der Waals surface area contributed by atoms with Gasteiger partial charge in [0.1, 0.15) is 6.07 Å². The lowest BCUT2D eigenvalue weighted by atomic mass is 10.2. The van der Waals surface area contributed by atoms with Crippen LogP contribution in [0, 0.1) is 18.3 Å². The van der Waals surface area contributed by atoms with Crippen LogP contribution in [0.2, 0.25) is 0 Å². The molecule has 0 aromatic carbocycles. The van der Waals surface area contributed by atoms with Gasteiger partial charge >= 0.3 is 0 Å². The van der Waals surface area contributed by atoms with Crippen molar-refractivity contribution >= 4 is 0 Å². The van der Waals surface area contributed by atoms with E-state index >= 15 is 0 Å². The molecule has 1 aromatic rings. The Bertz CT molecular complexity index is 288. The molecule has 0 spiro atoms. The van der Waals surface area contributed by atoms with Gasteiger partial charge < -0.3 is 5.11 Å². The van der Waals surface area contributed by atoms with Crippen molar-refractivity contribution in [1.82, 2.24) is 4.98 Å². The highest BCUT2D eigenvalue weighted by Crippen LogP contribution is 2.13. The summed E-state index contributed by atoms with van der Waals surface area (Å²) in [5.74, 6) is -0.0532. The molecule has 0 aliphatic rings. The van der Waals surface area contributed by atoms with Crippen LogP contribution in [0.15, 0.2) is 12.3 Å². The summed E-state index contributed by atoms with van der Waals surface area (Å²) in [6, 6.07) is 3.27. The SMILES string of the molecule is Cc1cnc(C#N)c(O)c1. The van der Waals surface area contributed by atoms with Gasteiger partial charge in [0.15, 0.2) is 11.4 Å². The second-order valence-corrected chi connectivity index (χ2v) is 1.99. The van der Waals surface area contributed by atoms with Crippen LogP contribution in [-0.4, -0.2) is 10.1 Å². The summed E-state index contributed by atoms with van der Waals surface area (Å²) in [4.78, 5) is 3.69. The van der Waals surface area contributed by atoms with E-state index in [2.05, 4.69) is 4.98 Å². The molecule has 1 aromatic heterocycles. The standard InChI is InChI=1S/C7H6N2O/c1-5-2-7(10)6(3-8)9-4-5/h2,4,10H,1H3. The van der Waals surface area contributed by atoms with Crippen molar-refractivity contribution in [3.63, 3.8) is 0 Å². The van der Waals surface area contributed by atoms with E-state index in [9.17, 15) is 0 Å². The topological polar surface area (TPSA) is 56.9 Å². The molecular formula is C7H6N2O. The third kappa shape index (κ3) is 1.06. The molecule has 0 saturated heterocycles. The van der Waals surface area contributed by atoms with Crippen LogP contribution in [0.3, 0.4) is 0 Å². The average Bonchev–Trinajstić information content (AvgIpc) is 1.88. The van der Waals surface area contributed by atoms with Crippen molar-refractivity contribution in [1.29, 1.82) is 5.26 Å². The van der Waals surface area contributed by atoms with E-state index in [-0.39, 0.29) is 11.4 Å². The van der Waals surface area contributed by atoms with E-state index in [0.29, 0.717) is 0 Å². The molecule has 0 fully saturated rings. The minimum absolute atomic E-state index is 0.0532. The van der Waals surface area contributed by atoms with Crippen LogP contribution in [0.25, 0.3) is 0 Å². The molecule has 10 heavy (non-hydrogen) atoms. The van der Waals surface area contributed by atoms with Gasteiger partial charge in [-0.3, -0.25) is 0 Å². The van der Waals surface area contributed by atoms with E-state index in [1.807, 2.05) is 0 Å². The molecule has 0 saturated carbocycles. The fourth-order valence-corrected chi connectivity index (χ4v) is 0.640. The Balaban J connectivity index is 3.23. The Hall–Kier alpha value is -1.56. The number of aromatic nitrogens is 1. The normalized spacial score (nSPS) is 8.80. The molecule has 0 radical (unpaired) electrons. The summed E-state index contributed by atoms with van der Waals surface area (Å²) in [5.41, 5.74) is 0.919. The molecule has 1 heterocycles. The number of hydrogen-bond acceptors (Lipinski definition) is 3. The van der Waals surface area contributed by atoms with Gasteiger partial charge in [0.25, 0.3) is 0 Å². The minimum Gasteiger partial charge on any atom is -0.505 e. The first-order chi connectivity index (χ1) is 4.74. The van der Waals surface area contributed by atoms with Crippen LogP contribution in [0.1, 0.15) is 11.3 Å². The fraction of sp³-hybridized carbons (Fsp3) is 0.143. The smallest absolute Gasteiger partial charge is 0.182 e. The Labute approximate surface area is 58.6 Å². The lowest BCUT2D eigenvalue weighted by molar-refractivity contribution is 0.470. The van der Waals surface area contributed by atoms with Crippen molar-refractivity contribution in [2.75, 3.05) is 0 Å². The number of aryl methyl sites for hydroxylation is 1. The van der Waals surface area contributed by atoms with E-state index in [1.165, 1.54) is 12.3 Å². The van der Waals surface area contributed by atoms with Crippen molar-refractivity contribution < 1.29 is 5.11 Å². The van der Waals surface area contributed by atoms with Gasteiger partial charge in [0, 0.05) is 6.20 Å². The highest BCUT2D eigenvalue weighted by atomic mass is 16.3. The van der Waals surface area contributed by atoms with Gasteiger partial charge in [-0.1, -0.05) is 0 Å². The predicted octanol–water partition coefficient (Wildman–Crippen LogP) is 0.967. The maximum absolute atomic E-state index is 9.01. The third-order valence-corrected chi connectivity index (χ3v) is 1.11. The maximum atomic E-state index is 9.01. The highest BCUT2D eigenvalue weighted by molar-refractivity contribution is 5.37. The Morgan fingerprint density at radius 1 is 1.70 bits per heavy atom. The monoisotopic (exact) mass is 134 g/mol. The molecule has 0 bridgehead atoms. The molecule has 0 atom stereocenters. The van der Waals surface area contributed by atoms with E-state index in [0.717, 1.165) is 5.56 Å². The van der Waals surface area contributed by atoms with Crippen LogP contribution < -0.4 is 0 Å². The predicted molar refractivity (Wildman–Crippen MR) is 35.4 cm³/mol. The molecule has 0 aliphatic heterocycles. The van der Waals surface area contributed by atoms with E-state index < -0.39 is 0 Å². The lowest BCUT2D eigenvalue weighted by Gasteiger charge is -1.94. The molecule has 1 N–H and O–H groups in total. The first kappa shape index (κ1) is 6.56. The lowest BCUT2D eigenvalue weighted by Crippen LogP contribution is -1.83. The van der Waals surface area contributed by atoms with Crippen LogP contribution in [0.5, 0.6) is 5.75 Å². The number of pyridine rings is 1. The maximum Gasteiger partial charge on any atom is 0.182 e. The molecule has 1 rings (SSSR count). The van der Waals surface area contributed by atoms with Crippen molar-refractivity contribution in [3.8, 4) is 11.8 Å². The van der Waals surface area contributed by atoms with Gasteiger partial charge in [-0.2, -0.15) is 5.26 Å². The second kappa shape index (κ2) is 2.36. The van der Waals surface area contributed by atoms with Crippen molar-refractivity contribution in [2.24, 2.45) is 0 Å². The first-order valence-corrected chi connectivity index (χ1v) is 2.80. The Morgan fingerprint density at radius 3 is 2.90 bits per heavy atom. The van der Waals surface area contributed by atoms with Gasteiger partial charge in [0.05, 0.1) is 0 Å². The van der Waals surface area contributed by atoms with E-state index in [1.54, 1.807) is 13.0 Å². The van der Waals surface area contributed by atoms with Gasteiger partial charge in [-0.25, -0.2) is 4.98 Å². The number of aromatic hydroxyl groups is 1. The van der Waals surface area contributed by atoms with Gasteiger partial charge in [-0.15, -0.1) is 0 Å². The van der Waals surface area contributed by atoms with Crippen LogP contribution in [0.4, 0.5) is 0 Å². The largest absolute Gasteiger partial charge is 0.505 e. The molecular weight excluding hydrogens is 128 g/mol. The first-order valence-electron chi connectivity index (χ1n) is 2.80. The second-order valence-electron chi connectivity index (χ2n) is 1.99. The summed E-state index contributed by atoms with van der Waals surface area (Å²) < 4.78 is 0. The molecule has 0 unspecified atom stereocenters. The third-order valence-electron chi connectivity index (χ3n) is 1.11. The van der Waals surface area contributed by atoms with Gasteiger partial charge in [0.2, 0.25) is 0 Å². The fourth-order valence-electron chi connectivity index (χ4n) is 0.640. The van der Waals surface area contributed by atoms with Crippen LogP contribution >= 0.6 is 0 Å². The summed E-state index contributed by atoms with van der Waals surface area (Å²) in [5, 5.41) is 17.3. The number of nitriles is 1. The van der Waals surface area contributed by atoms with E-state index in [4.69, 9.17) is 10.4 Å². The Morgan fingerprint density at radius 2 is 2.40 bits per heavy atom. The number of nitrogens with zero attached hydrogens (tertiary/aromatic N) is 2. The summed E-state index contributed by atoms with van der Waals surface area (Å²) >= 11 is 0. The summed E-state index contributed by atoms with van der Waals surface area (Å²) in [6.45, 7) is 1.80. The zero-order chi connectivity index (χ0) is 7.56. The molecule has 0 amide bonds. The van der Waals surface area contributed by atoms with Crippen molar-refractivity contribution in [2.45, 2.75) is 6.92 Å². The quantitative estimate of drug-likeness (QED) is 0.575. The molecule has 0 aliphatic carbocycles.